The highest BCUT2D eigenvalue weighted by Crippen LogP contribution is 2.28. The van der Waals surface area contributed by atoms with Gasteiger partial charge >= 0.3 is 0 Å². The Morgan fingerprint density at radius 1 is 0.857 bits per heavy atom. The monoisotopic (exact) mass is 386 g/mol. The van der Waals surface area contributed by atoms with Crippen molar-refractivity contribution in [2.45, 2.75) is 32.0 Å². The van der Waals surface area contributed by atoms with Crippen molar-refractivity contribution in [2.75, 3.05) is 40.4 Å². The zero-order chi connectivity index (χ0) is 19.9. The quantitative estimate of drug-likeness (QED) is 0.844. The molecule has 0 aliphatic carbocycles. The number of fused-ring (bicyclic) bond motifs is 2. The lowest BCUT2D eigenvalue weighted by Crippen LogP contribution is -2.25. The largest absolute Gasteiger partial charge is 0.372 e. The Morgan fingerprint density at radius 2 is 1.39 bits per heavy atom. The van der Waals surface area contributed by atoms with Crippen LogP contribution < -0.4 is 10.6 Å². The smallest absolute Gasteiger partial charge is 0.123 e. The van der Waals surface area contributed by atoms with E-state index >= 15 is 0 Å². The molecule has 2 aromatic rings. The molecule has 2 aliphatic rings. The first-order valence-corrected chi connectivity index (χ1v) is 10.0. The number of nitrogens with one attached hydrogen (secondary N) is 2. The molecule has 28 heavy (non-hydrogen) atoms. The van der Waals surface area contributed by atoms with Crippen molar-refractivity contribution in [3.8, 4) is 0 Å². The maximum Gasteiger partial charge on any atom is 0.123 e. The lowest BCUT2D eigenvalue weighted by Gasteiger charge is -2.26. The first-order chi connectivity index (χ1) is 13.6. The summed E-state index contributed by atoms with van der Waals surface area (Å²) < 4.78 is 24.3. The van der Waals surface area contributed by atoms with Crippen LogP contribution >= 0.6 is 0 Å². The molecule has 0 saturated carbocycles. The number of halogens is 1. The van der Waals surface area contributed by atoms with Crippen molar-refractivity contribution in [3.63, 3.8) is 0 Å². The summed E-state index contributed by atoms with van der Waals surface area (Å²) >= 11 is 0. The zero-order valence-corrected chi connectivity index (χ0v) is 17.1. The Labute approximate surface area is 167 Å². The van der Waals surface area contributed by atoms with E-state index in [1.54, 1.807) is 6.07 Å². The molecule has 5 heteroatoms. The Kier molecular flexibility index (Phi) is 7.57. The van der Waals surface area contributed by atoms with Crippen LogP contribution in [0.3, 0.4) is 0 Å². The highest BCUT2D eigenvalue weighted by atomic mass is 19.1. The van der Waals surface area contributed by atoms with E-state index in [0.29, 0.717) is 0 Å². The number of ether oxygens (including phenoxy) is 2. The third kappa shape index (κ3) is 5.17. The van der Waals surface area contributed by atoms with Crippen molar-refractivity contribution in [1.29, 1.82) is 0 Å². The second kappa shape index (κ2) is 10.1. The van der Waals surface area contributed by atoms with Crippen LogP contribution in [-0.2, 0) is 22.3 Å². The molecule has 0 bridgehead atoms. The lowest BCUT2D eigenvalue weighted by atomic mass is 9.95. The van der Waals surface area contributed by atoms with Crippen LogP contribution in [0.2, 0.25) is 0 Å². The van der Waals surface area contributed by atoms with E-state index < -0.39 is 0 Å². The summed E-state index contributed by atoms with van der Waals surface area (Å²) in [7, 11) is 3.84. The van der Waals surface area contributed by atoms with Gasteiger partial charge in [0.25, 0.3) is 0 Å². The van der Waals surface area contributed by atoms with Gasteiger partial charge in [0.1, 0.15) is 5.82 Å². The normalized spacial score (nSPS) is 20.6. The van der Waals surface area contributed by atoms with Gasteiger partial charge in [-0.15, -0.1) is 0 Å². The summed E-state index contributed by atoms with van der Waals surface area (Å²) in [5.41, 5.74) is 6.33. The fraction of sp³-hybridized carbons (Fsp3) is 0.478. The molecule has 2 aromatic carbocycles. The van der Waals surface area contributed by atoms with Gasteiger partial charge in [-0.25, -0.2) is 4.39 Å². The molecule has 0 fully saturated rings. The van der Waals surface area contributed by atoms with Crippen molar-refractivity contribution in [1.82, 2.24) is 10.6 Å². The van der Waals surface area contributed by atoms with Crippen LogP contribution in [0.25, 0.3) is 0 Å². The van der Waals surface area contributed by atoms with E-state index in [-0.39, 0.29) is 18.0 Å². The Hall–Kier alpha value is -1.79. The fourth-order valence-corrected chi connectivity index (χ4v) is 3.85. The fourth-order valence-electron chi connectivity index (χ4n) is 3.85. The first kappa shape index (κ1) is 20.9. The molecule has 0 unspecified atom stereocenters. The topological polar surface area (TPSA) is 42.5 Å². The number of hydrogen-bond donors (Lipinski definition) is 2. The van der Waals surface area contributed by atoms with Gasteiger partial charge in [0.15, 0.2) is 0 Å². The number of rotatable bonds is 4. The van der Waals surface area contributed by atoms with Gasteiger partial charge in [0, 0.05) is 13.1 Å². The summed E-state index contributed by atoms with van der Waals surface area (Å²) in [4.78, 5) is 0. The Morgan fingerprint density at radius 3 is 1.96 bits per heavy atom. The van der Waals surface area contributed by atoms with Crippen LogP contribution in [0.15, 0.2) is 36.4 Å². The van der Waals surface area contributed by atoms with Gasteiger partial charge in [-0.2, -0.15) is 0 Å². The number of hydrogen-bond acceptors (Lipinski definition) is 4. The Balaban J connectivity index is 0.000000161. The highest BCUT2D eigenvalue weighted by Gasteiger charge is 2.21. The lowest BCUT2D eigenvalue weighted by molar-refractivity contribution is 0.0435. The molecule has 2 heterocycles. The molecule has 2 N–H and O–H groups in total. The minimum Gasteiger partial charge on any atom is -0.372 e. The van der Waals surface area contributed by atoms with Crippen LogP contribution in [-0.4, -0.2) is 40.4 Å². The van der Waals surface area contributed by atoms with Crippen molar-refractivity contribution < 1.29 is 13.9 Å². The van der Waals surface area contributed by atoms with Crippen LogP contribution in [0.1, 0.15) is 40.0 Å². The molecule has 0 amide bonds. The minimum atomic E-state index is -0.185. The van der Waals surface area contributed by atoms with E-state index in [2.05, 4.69) is 35.8 Å². The average Bonchev–Trinajstić information content (AvgIpc) is 2.70. The number of likely N-dealkylation sites (N-methyl/N-ethyl adjacent to an activating group) is 2. The molecule has 4 nitrogen and oxygen atoms in total. The molecule has 2 atom stereocenters. The third-order valence-electron chi connectivity index (χ3n) is 5.26. The second-order valence-corrected chi connectivity index (χ2v) is 7.38. The summed E-state index contributed by atoms with van der Waals surface area (Å²) in [6.07, 6.45) is 2.18. The van der Waals surface area contributed by atoms with E-state index in [9.17, 15) is 4.39 Å². The number of benzene rings is 2. The average molecular weight is 387 g/mol. The molecular formula is C23H31FN2O2. The van der Waals surface area contributed by atoms with Crippen molar-refractivity contribution >= 4 is 0 Å². The molecule has 0 spiro atoms. The molecular weight excluding hydrogens is 355 g/mol. The Bertz CT molecular complexity index is 716. The van der Waals surface area contributed by atoms with E-state index in [1.807, 2.05) is 20.2 Å². The summed E-state index contributed by atoms with van der Waals surface area (Å²) in [6.45, 7) is 5.34. The third-order valence-corrected chi connectivity index (χ3v) is 5.26. The molecule has 0 radical (unpaired) electrons. The molecule has 2 aliphatic heterocycles. The zero-order valence-electron chi connectivity index (χ0n) is 17.1. The predicted molar refractivity (Wildman–Crippen MR) is 110 cm³/mol. The van der Waals surface area contributed by atoms with Crippen molar-refractivity contribution in [3.05, 3.63) is 70.0 Å². The highest BCUT2D eigenvalue weighted by molar-refractivity contribution is 5.35. The van der Waals surface area contributed by atoms with Gasteiger partial charge < -0.3 is 20.1 Å². The van der Waals surface area contributed by atoms with Gasteiger partial charge in [-0.05, 0) is 68.2 Å². The summed E-state index contributed by atoms with van der Waals surface area (Å²) in [5.74, 6) is -0.185. The van der Waals surface area contributed by atoms with Crippen molar-refractivity contribution in [2.24, 2.45) is 0 Å². The standard InChI is InChI=1S/C12H17NO.C11H14FNO/c1-9-3-4-10-5-6-14-12(8-13-2)11(10)7-9;1-13-7-11-10-6-9(12)3-2-8(10)4-5-14-11/h3-4,7,12-13H,5-6,8H2,1-2H3;2-3,6,11,13H,4-5,7H2,1H3/t12-;11-/m01/s1. The van der Waals surface area contributed by atoms with Gasteiger partial charge in [0.2, 0.25) is 0 Å². The molecule has 0 aromatic heterocycles. The first-order valence-electron chi connectivity index (χ1n) is 10.0. The van der Waals surface area contributed by atoms with Gasteiger partial charge in [-0.1, -0.05) is 29.8 Å². The molecule has 152 valence electrons. The SMILES string of the molecule is CNC[C@@H]1OCCc2ccc(C)cc21.CNC[C@H]1OCCc2ccc(F)cc21. The molecule has 0 saturated heterocycles. The van der Waals surface area contributed by atoms with E-state index in [4.69, 9.17) is 9.47 Å². The van der Waals surface area contributed by atoms with Gasteiger partial charge in [0.05, 0.1) is 25.4 Å². The predicted octanol–water partition coefficient (Wildman–Crippen LogP) is 3.49. The van der Waals surface area contributed by atoms with Gasteiger partial charge in [-0.3, -0.25) is 0 Å². The van der Waals surface area contributed by atoms with E-state index in [1.165, 1.54) is 28.3 Å². The maximum absolute atomic E-state index is 13.0. The summed E-state index contributed by atoms with van der Waals surface area (Å²) in [6, 6.07) is 11.6. The minimum absolute atomic E-state index is 0.000509. The number of aryl methyl sites for hydroxylation is 1. The summed E-state index contributed by atoms with van der Waals surface area (Å²) in [5, 5.41) is 6.22. The van der Waals surface area contributed by atoms with Crippen LogP contribution in [0.5, 0.6) is 0 Å². The van der Waals surface area contributed by atoms with Crippen LogP contribution in [0.4, 0.5) is 4.39 Å². The molecule has 4 rings (SSSR count). The second-order valence-electron chi connectivity index (χ2n) is 7.38. The van der Waals surface area contributed by atoms with E-state index in [0.717, 1.165) is 44.7 Å². The maximum atomic E-state index is 13.0. The van der Waals surface area contributed by atoms with Crippen LogP contribution in [0, 0.1) is 12.7 Å².